The molecule has 2 fully saturated rings. The summed E-state index contributed by atoms with van der Waals surface area (Å²) in [4.78, 5) is 8.94. The van der Waals surface area contributed by atoms with E-state index in [1.165, 1.54) is 0 Å². The first-order valence-corrected chi connectivity index (χ1v) is 14.9. The summed E-state index contributed by atoms with van der Waals surface area (Å²) < 4.78 is 45.7. The molecule has 0 bridgehead atoms. The maximum Gasteiger partial charge on any atom is 0.243 e. The molecule has 3 aromatic rings. The summed E-state index contributed by atoms with van der Waals surface area (Å²) in [5.41, 5.74) is 2.74. The lowest BCUT2D eigenvalue weighted by molar-refractivity contribution is -0.0402. The first-order chi connectivity index (χ1) is 19.0. The van der Waals surface area contributed by atoms with E-state index in [9.17, 15) is 8.42 Å². The average molecular weight is 553 g/mol. The second-order valence-electron chi connectivity index (χ2n) is 9.68. The van der Waals surface area contributed by atoms with Crippen LogP contribution in [0.5, 0.6) is 11.5 Å². The summed E-state index contributed by atoms with van der Waals surface area (Å²) in [6.45, 7) is 6.76. The fourth-order valence-corrected chi connectivity index (χ4v) is 6.37. The van der Waals surface area contributed by atoms with E-state index in [0.717, 1.165) is 49.4 Å². The van der Waals surface area contributed by atoms with Crippen LogP contribution in [0.2, 0.25) is 0 Å². The molecular formula is C29H36N4O5S. The average Bonchev–Trinajstić information content (AvgIpc) is 3.50. The molecule has 208 valence electrons. The van der Waals surface area contributed by atoms with Gasteiger partial charge in [-0.05, 0) is 61.0 Å². The number of likely N-dealkylation sites (N-methyl/N-ethyl adjacent to an activating group) is 1. The molecule has 9 nitrogen and oxygen atoms in total. The number of ether oxygens (including phenoxy) is 3. The third kappa shape index (κ3) is 6.36. The lowest BCUT2D eigenvalue weighted by Crippen LogP contribution is -2.48. The van der Waals surface area contributed by atoms with Crippen molar-refractivity contribution in [2.75, 3.05) is 51.3 Å². The van der Waals surface area contributed by atoms with Crippen molar-refractivity contribution in [2.24, 2.45) is 0 Å². The summed E-state index contributed by atoms with van der Waals surface area (Å²) in [7, 11) is -1.94. The van der Waals surface area contributed by atoms with Crippen LogP contribution in [-0.2, 0) is 21.3 Å². The monoisotopic (exact) mass is 552 g/mol. The Morgan fingerprint density at radius 3 is 2.44 bits per heavy atom. The van der Waals surface area contributed by atoms with Gasteiger partial charge in [0.05, 0.1) is 18.6 Å². The standard InChI is InChI=1S/C29H36N4O5S/c1-3-31-15-17-32(18-16-31)39(34,35)26-11-8-24(9-12-26)33(22-23-6-4-14-30-21-23)25-10-13-27(36-2)28(20-25)38-29-7-5-19-37-29/h4,6,8-14,20-21,29H,3,5,7,15-19,22H2,1-2H3. The predicted octanol–water partition coefficient (Wildman–Crippen LogP) is 4.27. The number of benzene rings is 2. The van der Waals surface area contributed by atoms with Gasteiger partial charge in [0.15, 0.2) is 17.8 Å². The zero-order valence-corrected chi connectivity index (χ0v) is 23.3. The van der Waals surface area contributed by atoms with E-state index in [1.807, 2.05) is 48.7 Å². The van der Waals surface area contributed by atoms with E-state index in [1.54, 1.807) is 29.7 Å². The molecule has 0 aliphatic carbocycles. The van der Waals surface area contributed by atoms with Crippen molar-refractivity contribution in [2.45, 2.75) is 37.5 Å². The first kappa shape index (κ1) is 27.4. The second kappa shape index (κ2) is 12.3. The number of sulfonamides is 1. The largest absolute Gasteiger partial charge is 0.493 e. The van der Waals surface area contributed by atoms with E-state index < -0.39 is 10.0 Å². The third-order valence-corrected chi connectivity index (χ3v) is 9.15. The van der Waals surface area contributed by atoms with Crippen molar-refractivity contribution >= 4 is 21.4 Å². The summed E-state index contributed by atoms with van der Waals surface area (Å²) >= 11 is 0. The SMILES string of the molecule is CCN1CCN(S(=O)(=O)c2ccc(N(Cc3cccnc3)c3ccc(OC)c(OC4CCCO4)c3)cc2)CC1. The summed E-state index contributed by atoms with van der Waals surface area (Å²) in [5.74, 6) is 1.23. The topological polar surface area (TPSA) is 84.4 Å². The van der Waals surface area contributed by atoms with Gasteiger partial charge in [0, 0.05) is 69.0 Å². The van der Waals surface area contributed by atoms with E-state index in [-0.39, 0.29) is 6.29 Å². The molecule has 2 saturated heterocycles. The zero-order valence-electron chi connectivity index (χ0n) is 22.5. The van der Waals surface area contributed by atoms with Crippen molar-refractivity contribution in [1.82, 2.24) is 14.2 Å². The van der Waals surface area contributed by atoms with Crippen molar-refractivity contribution in [3.8, 4) is 11.5 Å². The highest BCUT2D eigenvalue weighted by atomic mass is 32.2. The van der Waals surface area contributed by atoms with E-state index in [2.05, 4.69) is 21.7 Å². The number of anilines is 2. The molecule has 0 radical (unpaired) electrons. The molecule has 1 aromatic heterocycles. The van der Waals surface area contributed by atoms with Gasteiger partial charge < -0.3 is 24.0 Å². The summed E-state index contributed by atoms with van der Waals surface area (Å²) in [5, 5.41) is 0. The molecular weight excluding hydrogens is 516 g/mol. The fourth-order valence-electron chi connectivity index (χ4n) is 4.95. The van der Waals surface area contributed by atoms with Crippen LogP contribution < -0.4 is 14.4 Å². The number of rotatable bonds is 10. The normalized spacial score (nSPS) is 18.7. The zero-order chi connectivity index (χ0) is 27.2. The molecule has 3 heterocycles. The van der Waals surface area contributed by atoms with E-state index >= 15 is 0 Å². The molecule has 1 unspecified atom stereocenters. The second-order valence-corrected chi connectivity index (χ2v) is 11.6. The fraction of sp³-hybridized carbons (Fsp3) is 0.414. The number of methoxy groups -OCH3 is 1. The van der Waals surface area contributed by atoms with Crippen LogP contribution in [0.25, 0.3) is 0 Å². The molecule has 39 heavy (non-hydrogen) atoms. The molecule has 2 aromatic carbocycles. The van der Waals surface area contributed by atoms with Gasteiger partial charge in [-0.15, -0.1) is 0 Å². The first-order valence-electron chi connectivity index (χ1n) is 13.4. The highest BCUT2D eigenvalue weighted by molar-refractivity contribution is 7.89. The van der Waals surface area contributed by atoms with E-state index in [0.29, 0.717) is 42.6 Å². The van der Waals surface area contributed by atoms with Gasteiger partial charge in [0.25, 0.3) is 0 Å². The molecule has 0 spiro atoms. The van der Waals surface area contributed by atoms with E-state index in [4.69, 9.17) is 14.2 Å². The Balaban J connectivity index is 1.44. The smallest absolute Gasteiger partial charge is 0.243 e. The van der Waals surface area contributed by atoms with Crippen LogP contribution >= 0.6 is 0 Å². The number of pyridine rings is 1. The Kier molecular flexibility index (Phi) is 8.66. The number of nitrogens with zero attached hydrogens (tertiary/aromatic N) is 4. The van der Waals surface area contributed by atoms with Gasteiger partial charge >= 0.3 is 0 Å². The Morgan fingerprint density at radius 2 is 1.79 bits per heavy atom. The number of aromatic nitrogens is 1. The molecule has 2 aliphatic rings. The lowest BCUT2D eigenvalue weighted by Gasteiger charge is -2.33. The third-order valence-electron chi connectivity index (χ3n) is 7.23. The van der Waals surface area contributed by atoms with Crippen molar-refractivity contribution < 1.29 is 22.6 Å². The maximum atomic E-state index is 13.3. The Hall–Kier alpha value is -3.18. The Morgan fingerprint density at radius 1 is 1.03 bits per heavy atom. The Bertz CT molecular complexity index is 1320. The van der Waals surface area contributed by atoms with Gasteiger partial charge in [-0.2, -0.15) is 4.31 Å². The Labute approximate surface area is 231 Å². The van der Waals surface area contributed by atoms with Crippen LogP contribution in [0, 0.1) is 0 Å². The van der Waals surface area contributed by atoms with Crippen LogP contribution in [0.1, 0.15) is 25.3 Å². The molecule has 10 heteroatoms. The summed E-state index contributed by atoms with van der Waals surface area (Å²) in [6.07, 6.45) is 5.06. The highest BCUT2D eigenvalue weighted by Gasteiger charge is 2.28. The van der Waals surface area contributed by atoms with Crippen molar-refractivity contribution in [1.29, 1.82) is 0 Å². The van der Waals surface area contributed by atoms with Crippen LogP contribution in [0.4, 0.5) is 11.4 Å². The molecule has 0 amide bonds. The predicted molar refractivity (Wildman–Crippen MR) is 150 cm³/mol. The molecule has 0 N–H and O–H groups in total. The van der Waals surface area contributed by atoms with Gasteiger partial charge in [0.2, 0.25) is 10.0 Å². The van der Waals surface area contributed by atoms with Crippen molar-refractivity contribution in [3.63, 3.8) is 0 Å². The van der Waals surface area contributed by atoms with Crippen molar-refractivity contribution in [3.05, 3.63) is 72.6 Å². The highest BCUT2D eigenvalue weighted by Crippen LogP contribution is 2.37. The van der Waals surface area contributed by atoms with Gasteiger partial charge in [-0.25, -0.2) is 8.42 Å². The maximum absolute atomic E-state index is 13.3. The minimum atomic E-state index is -3.56. The quantitative estimate of drug-likeness (QED) is 0.369. The van der Waals surface area contributed by atoms with Crippen LogP contribution in [-0.4, -0.2) is 75.3 Å². The number of hydrogen-bond acceptors (Lipinski definition) is 8. The number of hydrogen-bond donors (Lipinski definition) is 0. The molecule has 2 aliphatic heterocycles. The molecule has 0 saturated carbocycles. The minimum absolute atomic E-state index is 0.301. The van der Waals surface area contributed by atoms with Crippen LogP contribution in [0.15, 0.2) is 71.9 Å². The van der Waals surface area contributed by atoms with Gasteiger partial charge in [0.1, 0.15) is 0 Å². The van der Waals surface area contributed by atoms with Gasteiger partial charge in [-0.1, -0.05) is 13.0 Å². The summed E-state index contributed by atoms with van der Waals surface area (Å²) in [6, 6.07) is 16.8. The number of piperazine rings is 1. The van der Waals surface area contributed by atoms with Crippen LogP contribution in [0.3, 0.4) is 0 Å². The lowest BCUT2D eigenvalue weighted by atomic mass is 10.2. The van der Waals surface area contributed by atoms with Gasteiger partial charge in [-0.3, -0.25) is 4.98 Å². The molecule has 1 atom stereocenters. The minimum Gasteiger partial charge on any atom is -0.493 e. The molecule has 5 rings (SSSR count).